The van der Waals surface area contributed by atoms with Crippen molar-refractivity contribution in [1.82, 2.24) is 19.8 Å². The molecule has 0 saturated carbocycles. The van der Waals surface area contributed by atoms with Gasteiger partial charge in [-0.05, 0) is 24.1 Å². The average molecular weight is 356 g/mol. The van der Waals surface area contributed by atoms with E-state index in [4.69, 9.17) is 0 Å². The van der Waals surface area contributed by atoms with Crippen molar-refractivity contribution in [3.63, 3.8) is 0 Å². The molecule has 0 radical (unpaired) electrons. The van der Waals surface area contributed by atoms with Crippen LogP contribution in [0.15, 0.2) is 18.2 Å². The molecule has 1 saturated heterocycles. The number of fused-ring (bicyclic) bond motifs is 1. The number of benzene rings is 1. The molecular weight excluding hydrogens is 328 g/mol. The molecule has 0 aliphatic carbocycles. The number of imidazole rings is 1. The third-order valence-corrected chi connectivity index (χ3v) is 5.01. The van der Waals surface area contributed by atoms with Crippen molar-refractivity contribution in [1.29, 1.82) is 0 Å². The fourth-order valence-corrected chi connectivity index (χ4v) is 3.36. The van der Waals surface area contributed by atoms with Crippen molar-refractivity contribution in [2.75, 3.05) is 26.2 Å². The number of hydrogen-bond acceptors (Lipinski definition) is 3. The molecule has 1 aromatic carbocycles. The van der Waals surface area contributed by atoms with Gasteiger partial charge in [-0.3, -0.25) is 9.59 Å². The van der Waals surface area contributed by atoms with E-state index in [1.807, 2.05) is 28.0 Å². The fraction of sp³-hybridized carbons (Fsp3) is 0.550. The number of rotatable bonds is 6. The van der Waals surface area contributed by atoms with Gasteiger partial charge in [0.25, 0.3) is 0 Å². The van der Waals surface area contributed by atoms with Crippen molar-refractivity contribution in [3.8, 4) is 0 Å². The van der Waals surface area contributed by atoms with E-state index in [1.165, 1.54) is 0 Å². The third-order valence-electron chi connectivity index (χ3n) is 5.01. The number of nitrogens with one attached hydrogen (secondary N) is 1. The molecule has 0 spiro atoms. The van der Waals surface area contributed by atoms with E-state index >= 15 is 0 Å². The Hall–Kier alpha value is -2.37. The van der Waals surface area contributed by atoms with Gasteiger partial charge in [0, 0.05) is 39.0 Å². The Morgan fingerprint density at radius 1 is 1.08 bits per heavy atom. The number of aromatic nitrogens is 2. The highest BCUT2D eigenvalue weighted by molar-refractivity contribution is 5.82. The zero-order valence-corrected chi connectivity index (χ0v) is 15.8. The zero-order valence-electron chi connectivity index (χ0n) is 15.8. The number of piperazine rings is 1. The molecule has 1 aliphatic heterocycles. The van der Waals surface area contributed by atoms with E-state index in [0.29, 0.717) is 39.0 Å². The average Bonchev–Trinajstić information content (AvgIpc) is 3.08. The van der Waals surface area contributed by atoms with Gasteiger partial charge in [0.15, 0.2) is 0 Å². The summed E-state index contributed by atoms with van der Waals surface area (Å²) in [7, 11) is 0. The van der Waals surface area contributed by atoms with Crippen LogP contribution in [0, 0.1) is 0 Å². The normalized spacial score (nSPS) is 14.8. The highest BCUT2D eigenvalue weighted by atomic mass is 16.2. The van der Waals surface area contributed by atoms with E-state index in [9.17, 15) is 9.59 Å². The van der Waals surface area contributed by atoms with Crippen molar-refractivity contribution in [2.24, 2.45) is 0 Å². The van der Waals surface area contributed by atoms with Gasteiger partial charge < -0.3 is 14.8 Å². The molecule has 140 valence electrons. The molecule has 26 heavy (non-hydrogen) atoms. The second-order valence-electron chi connectivity index (χ2n) is 6.93. The molecule has 6 heteroatoms. The number of amides is 2. The van der Waals surface area contributed by atoms with Crippen LogP contribution in [0.25, 0.3) is 11.0 Å². The first-order valence-electron chi connectivity index (χ1n) is 9.63. The first-order chi connectivity index (χ1) is 12.6. The predicted octanol–water partition coefficient (Wildman–Crippen LogP) is 2.53. The van der Waals surface area contributed by atoms with Crippen LogP contribution >= 0.6 is 0 Å². The van der Waals surface area contributed by atoms with Gasteiger partial charge in [-0.25, -0.2) is 4.98 Å². The molecule has 0 unspecified atom stereocenters. The smallest absolute Gasteiger partial charge is 0.227 e. The maximum atomic E-state index is 12.6. The van der Waals surface area contributed by atoms with Gasteiger partial charge >= 0.3 is 0 Å². The predicted molar refractivity (Wildman–Crippen MR) is 102 cm³/mol. The Morgan fingerprint density at radius 2 is 1.77 bits per heavy atom. The van der Waals surface area contributed by atoms with Crippen LogP contribution < -0.4 is 0 Å². The van der Waals surface area contributed by atoms with Crippen LogP contribution in [0.5, 0.6) is 0 Å². The number of carbonyl (C=O) groups excluding carboxylic acids is 2. The second kappa shape index (κ2) is 8.34. The Kier molecular flexibility index (Phi) is 5.91. The number of carbonyl (C=O) groups is 2. The van der Waals surface area contributed by atoms with E-state index in [1.54, 1.807) is 0 Å². The van der Waals surface area contributed by atoms with Gasteiger partial charge in [0.1, 0.15) is 5.82 Å². The number of aryl methyl sites for hydroxylation is 1. The summed E-state index contributed by atoms with van der Waals surface area (Å²) >= 11 is 0. The third kappa shape index (κ3) is 4.23. The number of nitrogens with zero attached hydrogens (tertiary/aromatic N) is 3. The molecule has 1 aromatic heterocycles. The summed E-state index contributed by atoms with van der Waals surface area (Å²) in [6.45, 7) is 6.70. The first kappa shape index (κ1) is 18.4. The van der Waals surface area contributed by atoms with Gasteiger partial charge in [-0.2, -0.15) is 0 Å². The van der Waals surface area contributed by atoms with E-state index in [2.05, 4.69) is 23.8 Å². The van der Waals surface area contributed by atoms with E-state index in [-0.39, 0.29) is 11.8 Å². The molecule has 1 N–H and O–H groups in total. The molecule has 6 nitrogen and oxygen atoms in total. The summed E-state index contributed by atoms with van der Waals surface area (Å²) in [5.74, 6) is 1.31. The molecule has 3 rings (SSSR count). The number of aromatic amines is 1. The lowest BCUT2D eigenvalue weighted by molar-refractivity contribution is -0.139. The molecule has 0 atom stereocenters. The Bertz CT molecular complexity index is 775. The van der Waals surface area contributed by atoms with Crippen molar-refractivity contribution < 1.29 is 9.59 Å². The Balaban J connectivity index is 1.55. The first-order valence-corrected chi connectivity index (χ1v) is 9.63. The summed E-state index contributed by atoms with van der Waals surface area (Å²) in [6, 6.07) is 5.97. The highest BCUT2D eigenvalue weighted by Gasteiger charge is 2.23. The van der Waals surface area contributed by atoms with Crippen LogP contribution in [-0.2, 0) is 22.4 Å². The SMILES string of the molecule is CCCCC(=O)N1CCN(C(=O)Cc2ccc3nc(CC)[nH]c3c2)CC1. The van der Waals surface area contributed by atoms with Crippen molar-refractivity contribution >= 4 is 22.8 Å². The van der Waals surface area contributed by atoms with Gasteiger partial charge in [-0.15, -0.1) is 0 Å². The van der Waals surface area contributed by atoms with E-state index in [0.717, 1.165) is 41.7 Å². The second-order valence-corrected chi connectivity index (χ2v) is 6.93. The lowest BCUT2D eigenvalue weighted by Crippen LogP contribution is -2.50. The highest BCUT2D eigenvalue weighted by Crippen LogP contribution is 2.16. The largest absolute Gasteiger partial charge is 0.342 e. The monoisotopic (exact) mass is 356 g/mol. The summed E-state index contributed by atoms with van der Waals surface area (Å²) in [4.78, 5) is 36.3. The van der Waals surface area contributed by atoms with Gasteiger partial charge in [0.05, 0.1) is 17.5 Å². The lowest BCUT2D eigenvalue weighted by atomic mass is 10.1. The van der Waals surface area contributed by atoms with Crippen LogP contribution in [-0.4, -0.2) is 57.8 Å². The number of H-pyrrole nitrogens is 1. The maximum Gasteiger partial charge on any atom is 0.227 e. The van der Waals surface area contributed by atoms with E-state index < -0.39 is 0 Å². The minimum atomic E-state index is 0.125. The minimum Gasteiger partial charge on any atom is -0.342 e. The summed E-state index contributed by atoms with van der Waals surface area (Å²) in [5, 5.41) is 0. The van der Waals surface area contributed by atoms with Crippen molar-refractivity contribution in [2.45, 2.75) is 46.0 Å². The summed E-state index contributed by atoms with van der Waals surface area (Å²) in [6.07, 6.45) is 3.84. The molecule has 2 amide bonds. The van der Waals surface area contributed by atoms with Crippen LogP contribution in [0.3, 0.4) is 0 Å². The zero-order chi connectivity index (χ0) is 18.5. The Morgan fingerprint density at radius 3 is 2.42 bits per heavy atom. The summed E-state index contributed by atoms with van der Waals surface area (Å²) in [5.41, 5.74) is 2.92. The van der Waals surface area contributed by atoms with Gasteiger partial charge in [0.2, 0.25) is 11.8 Å². The van der Waals surface area contributed by atoms with Crippen LogP contribution in [0.1, 0.15) is 44.5 Å². The molecule has 0 bridgehead atoms. The molecular formula is C20H28N4O2. The van der Waals surface area contributed by atoms with Gasteiger partial charge in [-0.1, -0.05) is 26.3 Å². The number of hydrogen-bond donors (Lipinski definition) is 1. The molecule has 2 aromatic rings. The van der Waals surface area contributed by atoms with Crippen LogP contribution in [0.4, 0.5) is 0 Å². The maximum absolute atomic E-state index is 12.6. The molecule has 1 fully saturated rings. The quantitative estimate of drug-likeness (QED) is 0.865. The van der Waals surface area contributed by atoms with Crippen LogP contribution in [0.2, 0.25) is 0 Å². The molecule has 1 aliphatic rings. The van der Waals surface area contributed by atoms with Crippen molar-refractivity contribution in [3.05, 3.63) is 29.6 Å². The Labute approximate surface area is 154 Å². The number of unbranched alkanes of at least 4 members (excludes halogenated alkanes) is 1. The summed E-state index contributed by atoms with van der Waals surface area (Å²) < 4.78 is 0. The lowest BCUT2D eigenvalue weighted by Gasteiger charge is -2.35. The molecule has 2 heterocycles. The minimum absolute atomic E-state index is 0.125. The fourth-order valence-electron chi connectivity index (χ4n) is 3.36. The topological polar surface area (TPSA) is 69.3 Å². The standard InChI is InChI=1S/C20H28N4O2/c1-3-5-6-19(25)23-9-11-24(12-10-23)20(26)14-15-7-8-16-17(13-15)22-18(4-2)21-16/h7-8,13H,3-6,9-12,14H2,1-2H3,(H,21,22).